The number of thioether (sulfide) groups is 1. The van der Waals surface area contributed by atoms with Crippen LogP contribution in [-0.2, 0) is 11.3 Å². The largest absolute Gasteiger partial charge is 0.423 e. The molecule has 146 valence electrons. The predicted octanol–water partition coefficient (Wildman–Crippen LogP) is 2.79. The lowest BCUT2D eigenvalue weighted by molar-refractivity contribution is -0.885. The lowest BCUT2D eigenvalue weighted by Crippen LogP contribution is -3.08. The number of carbonyl (C=O) groups excluding carboxylic acids is 1. The molecule has 6 heteroatoms. The standard InChI is InChI=1S/C22H24N2O3S/c1-14-9-17-16(11-22(26)27-19(17)10-15(14)2)12-24(3)13-21(25)23-18-7-5-6-8-20(18)28-4/h5-11H,12-13H2,1-4H3,(H,23,25)/p+1. The van der Waals surface area contributed by atoms with Gasteiger partial charge in [0.25, 0.3) is 5.91 Å². The SMILES string of the molecule is CSc1ccccc1NC(=O)C[NH+](C)Cc1cc(=O)oc2cc(C)c(C)cc12. The summed E-state index contributed by atoms with van der Waals surface area (Å²) in [6.45, 7) is 4.89. The first kappa shape index (κ1) is 20.2. The molecule has 0 aliphatic heterocycles. The maximum absolute atomic E-state index is 12.5. The third-order valence-corrected chi connectivity index (χ3v) is 5.58. The first-order chi connectivity index (χ1) is 13.4. The second-order valence-corrected chi connectivity index (χ2v) is 7.93. The highest BCUT2D eigenvalue weighted by Crippen LogP contribution is 2.24. The van der Waals surface area contributed by atoms with E-state index in [1.165, 1.54) is 6.07 Å². The number of aryl methyl sites for hydroxylation is 2. The van der Waals surface area contributed by atoms with E-state index in [0.29, 0.717) is 18.7 Å². The van der Waals surface area contributed by atoms with Gasteiger partial charge in [-0.3, -0.25) is 4.79 Å². The van der Waals surface area contributed by atoms with Crippen LogP contribution in [0.15, 0.2) is 56.6 Å². The maximum Gasteiger partial charge on any atom is 0.336 e. The van der Waals surface area contributed by atoms with Crippen LogP contribution in [0, 0.1) is 13.8 Å². The molecule has 3 rings (SSSR count). The molecule has 2 N–H and O–H groups in total. The molecule has 0 fully saturated rings. The van der Waals surface area contributed by atoms with E-state index in [0.717, 1.165) is 37.6 Å². The molecule has 1 atom stereocenters. The number of amides is 1. The Kier molecular flexibility index (Phi) is 6.21. The third kappa shape index (κ3) is 4.64. The zero-order valence-corrected chi connectivity index (χ0v) is 17.4. The number of hydrogen-bond donors (Lipinski definition) is 2. The van der Waals surface area contributed by atoms with Gasteiger partial charge in [0.1, 0.15) is 12.1 Å². The summed E-state index contributed by atoms with van der Waals surface area (Å²) in [7, 11) is 1.95. The van der Waals surface area contributed by atoms with Crippen molar-refractivity contribution in [3.05, 3.63) is 69.6 Å². The quantitative estimate of drug-likeness (QED) is 0.496. The minimum absolute atomic E-state index is 0.0571. The summed E-state index contributed by atoms with van der Waals surface area (Å²) in [5.74, 6) is -0.0571. The van der Waals surface area contributed by atoms with Gasteiger partial charge in [-0.25, -0.2) is 4.79 Å². The summed E-state index contributed by atoms with van der Waals surface area (Å²) < 4.78 is 5.36. The second kappa shape index (κ2) is 8.63. The van der Waals surface area contributed by atoms with Crippen LogP contribution in [-0.4, -0.2) is 25.8 Å². The van der Waals surface area contributed by atoms with Gasteiger partial charge in [0.2, 0.25) is 0 Å². The molecule has 0 saturated carbocycles. The van der Waals surface area contributed by atoms with Gasteiger partial charge in [0, 0.05) is 21.9 Å². The number of likely N-dealkylation sites (N-methyl/N-ethyl adjacent to an activating group) is 1. The van der Waals surface area contributed by atoms with Gasteiger partial charge >= 0.3 is 5.63 Å². The third-order valence-electron chi connectivity index (χ3n) is 4.78. The molecule has 0 aliphatic rings. The molecule has 2 aromatic carbocycles. The molecule has 1 heterocycles. The summed E-state index contributed by atoms with van der Waals surface area (Å²) in [5.41, 5.74) is 4.18. The van der Waals surface area contributed by atoms with E-state index in [-0.39, 0.29) is 11.5 Å². The molecular formula is C22H25N2O3S+. The Hall–Kier alpha value is -2.57. The highest BCUT2D eigenvalue weighted by molar-refractivity contribution is 7.98. The molecule has 0 spiro atoms. The molecule has 1 unspecified atom stereocenters. The maximum atomic E-state index is 12.5. The van der Waals surface area contributed by atoms with E-state index in [1.54, 1.807) is 11.8 Å². The van der Waals surface area contributed by atoms with Gasteiger partial charge < -0.3 is 14.6 Å². The van der Waals surface area contributed by atoms with Gasteiger partial charge in [-0.15, -0.1) is 11.8 Å². The Morgan fingerprint density at radius 1 is 1.14 bits per heavy atom. The number of nitrogens with one attached hydrogen (secondary N) is 2. The van der Waals surface area contributed by atoms with Crippen LogP contribution in [0.3, 0.4) is 0 Å². The van der Waals surface area contributed by atoms with Crippen LogP contribution in [0.5, 0.6) is 0 Å². The van der Waals surface area contributed by atoms with Crippen molar-refractivity contribution in [2.24, 2.45) is 0 Å². The average Bonchev–Trinajstić information content (AvgIpc) is 2.63. The van der Waals surface area contributed by atoms with Crippen molar-refractivity contribution < 1.29 is 14.1 Å². The van der Waals surface area contributed by atoms with Crippen LogP contribution < -0.4 is 15.8 Å². The van der Waals surface area contributed by atoms with Gasteiger partial charge in [-0.05, 0) is 55.5 Å². The number of quaternary nitrogens is 1. The molecular weight excluding hydrogens is 372 g/mol. The van der Waals surface area contributed by atoms with E-state index >= 15 is 0 Å². The van der Waals surface area contributed by atoms with Crippen LogP contribution in [0.4, 0.5) is 5.69 Å². The minimum atomic E-state index is -0.364. The fourth-order valence-corrected chi connectivity index (χ4v) is 3.79. The topological polar surface area (TPSA) is 63.8 Å². The lowest BCUT2D eigenvalue weighted by Gasteiger charge is -2.16. The van der Waals surface area contributed by atoms with Crippen LogP contribution >= 0.6 is 11.8 Å². The Balaban J connectivity index is 1.76. The van der Waals surface area contributed by atoms with Crippen LogP contribution in [0.2, 0.25) is 0 Å². The van der Waals surface area contributed by atoms with E-state index in [4.69, 9.17) is 4.42 Å². The first-order valence-electron chi connectivity index (χ1n) is 9.15. The Bertz CT molecular complexity index is 1080. The fraction of sp³-hybridized carbons (Fsp3) is 0.273. The number of benzene rings is 2. The Labute approximate surface area is 168 Å². The smallest absolute Gasteiger partial charge is 0.336 e. The van der Waals surface area contributed by atoms with Gasteiger partial charge in [0.15, 0.2) is 6.54 Å². The summed E-state index contributed by atoms with van der Waals surface area (Å²) in [6, 6.07) is 13.2. The van der Waals surface area contributed by atoms with Crippen molar-refractivity contribution in [3.63, 3.8) is 0 Å². The highest BCUT2D eigenvalue weighted by Gasteiger charge is 2.15. The normalized spacial score (nSPS) is 12.1. The number of fused-ring (bicyclic) bond motifs is 1. The van der Waals surface area contributed by atoms with Crippen molar-refractivity contribution in [1.29, 1.82) is 0 Å². The minimum Gasteiger partial charge on any atom is -0.423 e. The van der Waals surface area contributed by atoms with Gasteiger partial charge in [0.05, 0.1) is 12.7 Å². The molecule has 5 nitrogen and oxygen atoms in total. The fourth-order valence-electron chi connectivity index (χ4n) is 3.23. The highest BCUT2D eigenvalue weighted by atomic mass is 32.2. The number of para-hydroxylation sites is 1. The van der Waals surface area contributed by atoms with Crippen molar-refractivity contribution in [3.8, 4) is 0 Å². The van der Waals surface area contributed by atoms with Crippen LogP contribution in [0.1, 0.15) is 16.7 Å². The molecule has 0 saturated heterocycles. The van der Waals surface area contributed by atoms with Crippen molar-refractivity contribution >= 4 is 34.3 Å². The molecule has 0 bridgehead atoms. The first-order valence-corrected chi connectivity index (χ1v) is 10.4. The number of carbonyl (C=O) groups is 1. The second-order valence-electron chi connectivity index (χ2n) is 7.08. The zero-order valence-electron chi connectivity index (χ0n) is 16.6. The van der Waals surface area contributed by atoms with E-state index < -0.39 is 0 Å². The van der Waals surface area contributed by atoms with Gasteiger partial charge in [-0.2, -0.15) is 0 Å². The van der Waals surface area contributed by atoms with Crippen molar-refractivity contribution in [2.45, 2.75) is 25.3 Å². The number of hydrogen-bond acceptors (Lipinski definition) is 4. The molecule has 0 radical (unpaired) electrons. The summed E-state index contributed by atoms with van der Waals surface area (Å²) >= 11 is 1.60. The molecule has 3 aromatic rings. The van der Waals surface area contributed by atoms with E-state index in [2.05, 4.69) is 5.32 Å². The summed E-state index contributed by atoms with van der Waals surface area (Å²) in [6.07, 6.45) is 1.98. The molecule has 1 amide bonds. The monoisotopic (exact) mass is 397 g/mol. The number of rotatable bonds is 6. The van der Waals surface area contributed by atoms with Gasteiger partial charge in [-0.1, -0.05) is 12.1 Å². The number of anilines is 1. The Morgan fingerprint density at radius 3 is 2.61 bits per heavy atom. The molecule has 0 aliphatic carbocycles. The van der Waals surface area contributed by atoms with Crippen LogP contribution in [0.25, 0.3) is 11.0 Å². The predicted molar refractivity (Wildman–Crippen MR) is 114 cm³/mol. The lowest BCUT2D eigenvalue weighted by atomic mass is 10.0. The zero-order chi connectivity index (χ0) is 20.3. The summed E-state index contributed by atoms with van der Waals surface area (Å²) in [5, 5.41) is 3.91. The van der Waals surface area contributed by atoms with E-state index in [9.17, 15) is 9.59 Å². The van der Waals surface area contributed by atoms with Crippen molar-refractivity contribution in [1.82, 2.24) is 0 Å². The van der Waals surface area contributed by atoms with E-state index in [1.807, 2.05) is 63.5 Å². The summed E-state index contributed by atoms with van der Waals surface area (Å²) in [4.78, 5) is 26.5. The Morgan fingerprint density at radius 2 is 1.86 bits per heavy atom. The van der Waals surface area contributed by atoms with Crippen molar-refractivity contribution in [2.75, 3.05) is 25.2 Å². The average molecular weight is 398 g/mol. The molecule has 1 aromatic heterocycles. The molecule has 28 heavy (non-hydrogen) atoms.